The third kappa shape index (κ3) is 4.41. The normalized spacial score (nSPS) is 22.8. The summed E-state index contributed by atoms with van der Waals surface area (Å²) in [6.45, 7) is 8.56. The maximum atomic E-state index is 10.1. The summed E-state index contributed by atoms with van der Waals surface area (Å²) in [6.07, 6.45) is 6.13. The molecule has 0 spiro atoms. The van der Waals surface area contributed by atoms with Gasteiger partial charge in [-0.3, -0.25) is 5.32 Å². The highest BCUT2D eigenvalue weighted by atomic mass is 16.3. The lowest BCUT2D eigenvalue weighted by Crippen LogP contribution is -2.52. The van der Waals surface area contributed by atoms with Crippen LogP contribution in [0.15, 0.2) is 11.6 Å². The van der Waals surface area contributed by atoms with Crippen LogP contribution in [0.25, 0.3) is 0 Å². The van der Waals surface area contributed by atoms with E-state index in [1.807, 2.05) is 0 Å². The molecule has 1 aliphatic carbocycles. The average molecular weight is 240 g/mol. The summed E-state index contributed by atoms with van der Waals surface area (Å²) in [5, 5.41) is 13.3. The first-order chi connectivity index (χ1) is 7.82. The summed E-state index contributed by atoms with van der Waals surface area (Å²) < 4.78 is 0. The van der Waals surface area contributed by atoms with E-state index in [9.17, 15) is 5.11 Å². The monoisotopic (exact) mass is 240 g/mol. The molecule has 0 aromatic carbocycles. The highest BCUT2D eigenvalue weighted by molar-refractivity contribution is 5.14. The van der Waals surface area contributed by atoms with E-state index >= 15 is 0 Å². The summed E-state index contributed by atoms with van der Waals surface area (Å²) in [5.74, 6) is 0. The molecule has 0 aliphatic heterocycles. The molecule has 3 atom stereocenters. The van der Waals surface area contributed by atoms with E-state index in [1.165, 1.54) is 18.4 Å². The van der Waals surface area contributed by atoms with E-state index in [4.69, 9.17) is 5.73 Å². The number of rotatable bonds is 4. The fourth-order valence-electron chi connectivity index (χ4n) is 1.98. The zero-order valence-electron chi connectivity index (χ0n) is 11.7. The van der Waals surface area contributed by atoms with E-state index in [0.717, 1.165) is 12.8 Å². The molecule has 0 saturated heterocycles. The van der Waals surface area contributed by atoms with Crippen LogP contribution in [0.3, 0.4) is 0 Å². The summed E-state index contributed by atoms with van der Waals surface area (Å²) in [5.41, 5.74) is 7.44. The first kappa shape index (κ1) is 14.7. The van der Waals surface area contributed by atoms with E-state index in [-0.39, 0.29) is 17.5 Å². The SMILES string of the molecule is CC(NC(O)[C@@H](N)C1=CCCCC1)C(C)(C)C. The first-order valence-corrected chi connectivity index (χ1v) is 6.71. The maximum absolute atomic E-state index is 10.1. The van der Waals surface area contributed by atoms with Crippen molar-refractivity contribution in [2.24, 2.45) is 11.1 Å². The quantitative estimate of drug-likeness (QED) is 0.521. The van der Waals surface area contributed by atoms with Crippen molar-refractivity contribution in [2.75, 3.05) is 0 Å². The van der Waals surface area contributed by atoms with Gasteiger partial charge in [0.25, 0.3) is 0 Å². The number of nitrogens with one attached hydrogen (secondary N) is 1. The van der Waals surface area contributed by atoms with Crippen molar-refractivity contribution in [1.82, 2.24) is 5.32 Å². The van der Waals surface area contributed by atoms with Crippen molar-refractivity contribution in [1.29, 1.82) is 0 Å². The van der Waals surface area contributed by atoms with Crippen molar-refractivity contribution in [2.45, 2.75) is 71.7 Å². The fraction of sp³-hybridized carbons (Fsp3) is 0.857. The van der Waals surface area contributed by atoms with Crippen LogP contribution in [-0.4, -0.2) is 23.4 Å². The van der Waals surface area contributed by atoms with Gasteiger partial charge in [-0.05, 0) is 38.0 Å². The van der Waals surface area contributed by atoms with Crippen molar-refractivity contribution < 1.29 is 5.11 Å². The zero-order valence-corrected chi connectivity index (χ0v) is 11.7. The Morgan fingerprint density at radius 3 is 2.47 bits per heavy atom. The first-order valence-electron chi connectivity index (χ1n) is 6.71. The fourth-order valence-corrected chi connectivity index (χ4v) is 1.98. The molecular formula is C14H28N2O. The van der Waals surface area contributed by atoms with Gasteiger partial charge in [0.2, 0.25) is 0 Å². The Hall–Kier alpha value is -0.380. The highest BCUT2D eigenvalue weighted by Crippen LogP contribution is 2.22. The predicted octanol–water partition coefficient (Wildman–Crippen LogP) is 2.16. The molecule has 17 heavy (non-hydrogen) atoms. The standard InChI is InChI=1S/C14H28N2O/c1-10(14(2,3)4)16-13(17)12(15)11-8-6-5-7-9-11/h8,10,12-13,16-17H,5-7,9,15H2,1-4H3/t10?,12-,13?/m0/s1. The molecule has 2 unspecified atom stereocenters. The van der Waals surface area contributed by atoms with E-state index < -0.39 is 6.23 Å². The molecule has 1 aliphatic rings. The van der Waals surface area contributed by atoms with Crippen LogP contribution < -0.4 is 11.1 Å². The zero-order chi connectivity index (χ0) is 13.1. The Morgan fingerprint density at radius 1 is 1.35 bits per heavy atom. The molecular weight excluding hydrogens is 212 g/mol. The highest BCUT2D eigenvalue weighted by Gasteiger charge is 2.26. The van der Waals surface area contributed by atoms with E-state index in [2.05, 4.69) is 39.1 Å². The van der Waals surface area contributed by atoms with Crippen LogP contribution in [0.4, 0.5) is 0 Å². The third-order valence-electron chi connectivity index (χ3n) is 3.81. The number of aliphatic hydroxyl groups excluding tert-OH is 1. The number of allylic oxidation sites excluding steroid dienone is 1. The van der Waals surface area contributed by atoms with Crippen molar-refractivity contribution in [3.8, 4) is 0 Å². The van der Waals surface area contributed by atoms with Crippen LogP contribution in [-0.2, 0) is 0 Å². The molecule has 1 rings (SSSR count). The van der Waals surface area contributed by atoms with Gasteiger partial charge >= 0.3 is 0 Å². The maximum Gasteiger partial charge on any atom is 0.124 e. The molecule has 0 aromatic heterocycles. The number of hydrogen-bond donors (Lipinski definition) is 3. The van der Waals surface area contributed by atoms with Gasteiger partial charge in [0.15, 0.2) is 0 Å². The van der Waals surface area contributed by atoms with Crippen LogP contribution in [0, 0.1) is 5.41 Å². The minimum Gasteiger partial charge on any atom is -0.377 e. The van der Waals surface area contributed by atoms with Gasteiger partial charge in [-0.2, -0.15) is 0 Å². The Kier molecular flexibility index (Phi) is 5.17. The molecule has 4 N–H and O–H groups in total. The van der Waals surface area contributed by atoms with Gasteiger partial charge in [0.05, 0.1) is 6.04 Å². The summed E-state index contributed by atoms with van der Waals surface area (Å²) in [7, 11) is 0. The second-order valence-corrected chi connectivity index (χ2v) is 6.25. The average Bonchev–Trinajstić information content (AvgIpc) is 2.27. The molecule has 0 bridgehead atoms. The van der Waals surface area contributed by atoms with Gasteiger partial charge in [-0.1, -0.05) is 32.4 Å². The number of aliphatic hydroxyl groups is 1. The summed E-state index contributed by atoms with van der Waals surface area (Å²) in [4.78, 5) is 0. The van der Waals surface area contributed by atoms with Gasteiger partial charge < -0.3 is 10.8 Å². The Morgan fingerprint density at radius 2 is 2.00 bits per heavy atom. The third-order valence-corrected chi connectivity index (χ3v) is 3.81. The van der Waals surface area contributed by atoms with Crippen molar-refractivity contribution >= 4 is 0 Å². The minimum atomic E-state index is -0.645. The smallest absolute Gasteiger partial charge is 0.124 e. The van der Waals surface area contributed by atoms with E-state index in [1.54, 1.807) is 0 Å². The number of hydrogen-bond acceptors (Lipinski definition) is 3. The molecule has 0 amide bonds. The molecule has 3 nitrogen and oxygen atoms in total. The minimum absolute atomic E-state index is 0.127. The van der Waals surface area contributed by atoms with Gasteiger partial charge in [-0.25, -0.2) is 0 Å². The van der Waals surface area contributed by atoms with Gasteiger partial charge in [0, 0.05) is 6.04 Å². The van der Waals surface area contributed by atoms with Gasteiger partial charge in [-0.15, -0.1) is 0 Å². The van der Waals surface area contributed by atoms with E-state index in [0.29, 0.717) is 0 Å². The lowest BCUT2D eigenvalue weighted by atomic mass is 9.87. The molecule has 0 heterocycles. The molecule has 0 radical (unpaired) electrons. The summed E-state index contributed by atoms with van der Waals surface area (Å²) in [6, 6.07) is -0.0344. The number of nitrogens with two attached hydrogens (primary N) is 1. The Bertz CT molecular complexity index is 268. The van der Waals surface area contributed by atoms with Gasteiger partial charge in [0.1, 0.15) is 6.23 Å². The topological polar surface area (TPSA) is 58.3 Å². The van der Waals surface area contributed by atoms with Crippen molar-refractivity contribution in [3.05, 3.63) is 11.6 Å². The second-order valence-electron chi connectivity index (χ2n) is 6.25. The van der Waals surface area contributed by atoms with Crippen molar-refractivity contribution in [3.63, 3.8) is 0 Å². The Labute approximate surface area is 105 Å². The predicted molar refractivity (Wildman–Crippen MR) is 72.6 cm³/mol. The van der Waals surface area contributed by atoms with Crippen LogP contribution in [0.5, 0.6) is 0 Å². The molecule has 0 saturated carbocycles. The molecule has 100 valence electrons. The van der Waals surface area contributed by atoms with Crippen LogP contribution in [0.2, 0.25) is 0 Å². The molecule has 0 fully saturated rings. The lowest BCUT2D eigenvalue weighted by Gasteiger charge is -2.33. The van der Waals surface area contributed by atoms with Crippen LogP contribution >= 0.6 is 0 Å². The van der Waals surface area contributed by atoms with Crippen LogP contribution in [0.1, 0.15) is 53.4 Å². The lowest BCUT2D eigenvalue weighted by molar-refractivity contribution is 0.0845. The molecule has 0 aromatic rings. The molecule has 3 heteroatoms. The largest absolute Gasteiger partial charge is 0.377 e. The Balaban J connectivity index is 2.52. The second kappa shape index (κ2) is 5.98. The summed E-state index contributed by atoms with van der Waals surface area (Å²) >= 11 is 0.